The van der Waals surface area contributed by atoms with Crippen molar-refractivity contribution in [1.29, 1.82) is 0 Å². The molecule has 1 aliphatic heterocycles. The number of amides is 1. The standard InChI is InChI=1S/C14H17N3O6/c15-12-4-3-9(17(20)21)6-11(12)14(19)23-8-13(18)16-7-10-2-1-5-22-10/h3-4,6,10H,1-2,5,7-8,15H2,(H,16,18)/t10-/m0/s1. The van der Waals surface area contributed by atoms with E-state index in [1.165, 1.54) is 12.1 Å². The number of nitrogens with zero attached hydrogens (tertiary/aromatic N) is 1. The molecule has 124 valence electrons. The number of non-ortho nitro benzene ring substituents is 1. The fraction of sp³-hybridized carbons (Fsp3) is 0.429. The summed E-state index contributed by atoms with van der Waals surface area (Å²) < 4.78 is 10.2. The highest BCUT2D eigenvalue weighted by atomic mass is 16.6. The summed E-state index contributed by atoms with van der Waals surface area (Å²) >= 11 is 0. The number of benzene rings is 1. The van der Waals surface area contributed by atoms with Crippen LogP contribution in [0, 0.1) is 10.1 Å². The third kappa shape index (κ3) is 4.65. The number of carbonyl (C=O) groups is 2. The molecule has 1 saturated heterocycles. The summed E-state index contributed by atoms with van der Waals surface area (Å²) in [6.07, 6.45) is 1.83. The smallest absolute Gasteiger partial charge is 0.341 e. The molecule has 0 unspecified atom stereocenters. The number of nitrogen functional groups attached to an aromatic ring is 1. The lowest BCUT2D eigenvalue weighted by atomic mass is 10.1. The number of nitrogens with one attached hydrogen (secondary N) is 1. The minimum absolute atomic E-state index is 0.0120. The number of nitro benzene ring substituents is 1. The molecular weight excluding hydrogens is 306 g/mol. The molecule has 0 aliphatic carbocycles. The van der Waals surface area contributed by atoms with E-state index in [4.69, 9.17) is 15.2 Å². The van der Waals surface area contributed by atoms with Gasteiger partial charge >= 0.3 is 5.97 Å². The predicted molar refractivity (Wildman–Crippen MR) is 79.8 cm³/mol. The highest BCUT2D eigenvalue weighted by Gasteiger charge is 2.19. The van der Waals surface area contributed by atoms with Crippen LogP contribution in [0.2, 0.25) is 0 Å². The Morgan fingerprint density at radius 2 is 2.26 bits per heavy atom. The normalized spacial score (nSPS) is 16.8. The van der Waals surface area contributed by atoms with Crippen LogP contribution in [0.3, 0.4) is 0 Å². The minimum Gasteiger partial charge on any atom is -0.452 e. The average Bonchev–Trinajstić information content (AvgIpc) is 3.04. The number of hydrogen-bond acceptors (Lipinski definition) is 7. The first-order chi connectivity index (χ1) is 11.0. The van der Waals surface area contributed by atoms with E-state index < -0.39 is 23.4 Å². The maximum Gasteiger partial charge on any atom is 0.341 e. The van der Waals surface area contributed by atoms with Crippen LogP contribution in [0.15, 0.2) is 18.2 Å². The second-order valence-corrected chi connectivity index (χ2v) is 5.04. The Labute approximate surface area is 131 Å². The Morgan fingerprint density at radius 1 is 1.48 bits per heavy atom. The van der Waals surface area contributed by atoms with Gasteiger partial charge in [0, 0.05) is 31.0 Å². The van der Waals surface area contributed by atoms with Crippen LogP contribution in [-0.4, -0.2) is 42.7 Å². The number of nitro groups is 1. The Bertz CT molecular complexity index is 613. The fourth-order valence-corrected chi connectivity index (χ4v) is 2.13. The van der Waals surface area contributed by atoms with Gasteiger partial charge in [0.1, 0.15) is 0 Å². The fourth-order valence-electron chi connectivity index (χ4n) is 2.13. The number of anilines is 1. The van der Waals surface area contributed by atoms with Gasteiger partial charge in [0.25, 0.3) is 11.6 Å². The first-order valence-electron chi connectivity index (χ1n) is 7.06. The highest BCUT2D eigenvalue weighted by Crippen LogP contribution is 2.20. The Hall–Kier alpha value is -2.68. The van der Waals surface area contributed by atoms with Crippen molar-refractivity contribution in [3.63, 3.8) is 0 Å². The van der Waals surface area contributed by atoms with Crippen LogP contribution in [0.4, 0.5) is 11.4 Å². The van der Waals surface area contributed by atoms with E-state index in [0.717, 1.165) is 18.9 Å². The molecule has 0 spiro atoms. The van der Waals surface area contributed by atoms with Gasteiger partial charge in [-0.1, -0.05) is 0 Å². The molecule has 0 aromatic heterocycles. The van der Waals surface area contributed by atoms with Crippen molar-refractivity contribution in [2.75, 3.05) is 25.5 Å². The molecule has 2 rings (SSSR count). The molecule has 0 radical (unpaired) electrons. The lowest BCUT2D eigenvalue weighted by Crippen LogP contribution is -2.34. The highest BCUT2D eigenvalue weighted by molar-refractivity contribution is 5.96. The van der Waals surface area contributed by atoms with Gasteiger partial charge in [0.05, 0.1) is 16.6 Å². The Balaban J connectivity index is 1.85. The summed E-state index contributed by atoms with van der Waals surface area (Å²) in [7, 11) is 0. The van der Waals surface area contributed by atoms with Gasteiger partial charge < -0.3 is 20.5 Å². The molecule has 1 aliphatic rings. The zero-order valence-electron chi connectivity index (χ0n) is 12.3. The Kier molecular flexibility index (Phi) is 5.47. The molecule has 1 aromatic carbocycles. The summed E-state index contributed by atoms with van der Waals surface area (Å²) in [6.45, 7) is 0.546. The molecular formula is C14H17N3O6. The van der Waals surface area contributed by atoms with Gasteiger partial charge in [-0.3, -0.25) is 14.9 Å². The molecule has 0 bridgehead atoms. The van der Waals surface area contributed by atoms with E-state index in [9.17, 15) is 19.7 Å². The zero-order valence-corrected chi connectivity index (χ0v) is 12.3. The van der Waals surface area contributed by atoms with Crippen molar-refractivity contribution in [3.05, 3.63) is 33.9 Å². The molecule has 1 atom stereocenters. The van der Waals surface area contributed by atoms with E-state index in [1.54, 1.807) is 0 Å². The van der Waals surface area contributed by atoms with E-state index in [2.05, 4.69) is 5.32 Å². The number of ether oxygens (including phenoxy) is 2. The van der Waals surface area contributed by atoms with Crippen molar-refractivity contribution >= 4 is 23.3 Å². The van der Waals surface area contributed by atoms with Crippen LogP contribution >= 0.6 is 0 Å². The van der Waals surface area contributed by atoms with E-state index in [-0.39, 0.29) is 23.0 Å². The summed E-state index contributed by atoms with van der Waals surface area (Å²) in [5.74, 6) is -1.36. The first kappa shape index (κ1) is 16.7. The molecule has 0 saturated carbocycles. The molecule has 1 heterocycles. The largest absolute Gasteiger partial charge is 0.452 e. The van der Waals surface area contributed by atoms with Crippen molar-refractivity contribution in [2.24, 2.45) is 0 Å². The summed E-state index contributed by atoms with van der Waals surface area (Å²) in [5.41, 5.74) is 5.21. The lowest BCUT2D eigenvalue weighted by Gasteiger charge is -2.11. The Morgan fingerprint density at radius 3 is 2.91 bits per heavy atom. The van der Waals surface area contributed by atoms with Gasteiger partial charge in [0.15, 0.2) is 6.61 Å². The minimum atomic E-state index is -0.890. The third-order valence-corrected chi connectivity index (χ3v) is 3.35. The molecule has 3 N–H and O–H groups in total. The maximum absolute atomic E-state index is 11.9. The molecule has 9 nitrogen and oxygen atoms in total. The predicted octanol–water partition coefficient (Wildman–Crippen LogP) is 0.629. The van der Waals surface area contributed by atoms with Gasteiger partial charge in [-0.05, 0) is 18.9 Å². The summed E-state index contributed by atoms with van der Waals surface area (Å²) in [6, 6.07) is 3.44. The van der Waals surface area contributed by atoms with E-state index >= 15 is 0 Å². The summed E-state index contributed by atoms with van der Waals surface area (Å²) in [5, 5.41) is 13.3. The maximum atomic E-state index is 11.9. The van der Waals surface area contributed by atoms with Crippen molar-refractivity contribution in [1.82, 2.24) is 5.32 Å². The molecule has 9 heteroatoms. The monoisotopic (exact) mass is 323 g/mol. The number of hydrogen-bond donors (Lipinski definition) is 2. The number of esters is 1. The average molecular weight is 323 g/mol. The topological polar surface area (TPSA) is 134 Å². The molecule has 23 heavy (non-hydrogen) atoms. The van der Waals surface area contributed by atoms with Crippen LogP contribution in [0.5, 0.6) is 0 Å². The van der Waals surface area contributed by atoms with Crippen LogP contribution in [-0.2, 0) is 14.3 Å². The molecule has 1 fully saturated rings. The van der Waals surface area contributed by atoms with Crippen molar-refractivity contribution in [3.8, 4) is 0 Å². The van der Waals surface area contributed by atoms with E-state index in [0.29, 0.717) is 13.2 Å². The summed E-state index contributed by atoms with van der Waals surface area (Å²) in [4.78, 5) is 33.5. The SMILES string of the molecule is Nc1ccc([N+](=O)[O-])cc1C(=O)OCC(=O)NC[C@@H]1CCCO1. The number of nitrogens with two attached hydrogens (primary N) is 1. The van der Waals surface area contributed by atoms with Gasteiger partial charge in [-0.2, -0.15) is 0 Å². The second-order valence-electron chi connectivity index (χ2n) is 5.04. The third-order valence-electron chi connectivity index (χ3n) is 3.35. The quantitative estimate of drug-likeness (QED) is 0.339. The lowest BCUT2D eigenvalue weighted by molar-refractivity contribution is -0.384. The van der Waals surface area contributed by atoms with Crippen molar-refractivity contribution < 1.29 is 24.0 Å². The zero-order chi connectivity index (χ0) is 16.8. The van der Waals surface area contributed by atoms with Gasteiger partial charge in [0.2, 0.25) is 0 Å². The van der Waals surface area contributed by atoms with E-state index in [1.807, 2.05) is 0 Å². The van der Waals surface area contributed by atoms with Crippen molar-refractivity contribution in [2.45, 2.75) is 18.9 Å². The number of carbonyl (C=O) groups excluding carboxylic acids is 2. The van der Waals surface area contributed by atoms with Crippen LogP contribution < -0.4 is 11.1 Å². The molecule has 1 aromatic rings. The molecule has 1 amide bonds. The van der Waals surface area contributed by atoms with Gasteiger partial charge in [-0.25, -0.2) is 4.79 Å². The second kappa shape index (κ2) is 7.54. The number of rotatable bonds is 6. The van der Waals surface area contributed by atoms with Crippen LogP contribution in [0.25, 0.3) is 0 Å². The first-order valence-corrected chi connectivity index (χ1v) is 7.06. The van der Waals surface area contributed by atoms with Gasteiger partial charge in [-0.15, -0.1) is 0 Å². The van der Waals surface area contributed by atoms with Crippen LogP contribution in [0.1, 0.15) is 23.2 Å².